The van der Waals surface area contributed by atoms with Gasteiger partial charge in [-0.1, -0.05) is 0 Å². The van der Waals surface area contributed by atoms with Crippen LogP contribution in [0.15, 0.2) is 24.4 Å². The van der Waals surface area contributed by atoms with E-state index in [-0.39, 0.29) is 12.1 Å². The molecule has 0 radical (unpaired) electrons. The van der Waals surface area contributed by atoms with Gasteiger partial charge in [0.05, 0.1) is 43.0 Å². The average Bonchev–Trinajstić information content (AvgIpc) is 2.67. The predicted octanol–water partition coefficient (Wildman–Crippen LogP) is 2.61. The lowest BCUT2D eigenvalue weighted by Crippen LogP contribution is -2.47. The molecule has 8 heteroatoms. The summed E-state index contributed by atoms with van der Waals surface area (Å²) in [7, 11) is 1.57. The molecule has 3 rings (SSSR count). The van der Waals surface area contributed by atoms with E-state index in [4.69, 9.17) is 14.2 Å². The third-order valence-corrected chi connectivity index (χ3v) is 4.74. The molecule has 0 unspecified atom stereocenters. The second-order valence-electron chi connectivity index (χ2n) is 8.26. The number of alkyl carbamates (subject to hydrolysis) is 1. The van der Waals surface area contributed by atoms with Crippen molar-refractivity contribution in [3.8, 4) is 5.88 Å². The number of fused-ring (bicyclic) bond motifs is 1. The van der Waals surface area contributed by atoms with Crippen LogP contribution in [0, 0.1) is 0 Å². The fourth-order valence-electron chi connectivity index (χ4n) is 3.36. The van der Waals surface area contributed by atoms with Crippen molar-refractivity contribution in [1.82, 2.24) is 15.3 Å². The lowest BCUT2D eigenvalue weighted by molar-refractivity contribution is -0.0718. The number of nitrogens with one attached hydrogen (secondary N) is 1. The van der Waals surface area contributed by atoms with Crippen molar-refractivity contribution in [2.75, 3.05) is 13.7 Å². The summed E-state index contributed by atoms with van der Waals surface area (Å²) in [5.41, 5.74) is 1.81. The Kier molecular flexibility index (Phi) is 6.54. The van der Waals surface area contributed by atoms with E-state index in [2.05, 4.69) is 15.3 Å². The summed E-state index contributed by atoms with van der Waals surface area (Å²) in [5, 5.41) is 13.5. The second-order valence-corrected chi connectivity index (χ2v) is 8.26. The smallest absolute Gasteiger partial charge is 0.407 e. The standard InChI is InChI=1S/C21H29N3O5/c1-21(2,3)29-20(26)23-14-5-7-17(28-12-14)16(25)11-13-9-10-22-15-6-8-18(27-4)24-19(13)15/h6,8-10,14,16-17,25H,5,7,11-12H2,1-4H3,(H,23,26)/t14-,16+,17+/m1/s1. The number of rotatable bonds is 5. The number of nitrogens with zero attached hydrogens (tertiary/aromatic N) is 2. The Bertz CT molecular complexity index is 844. The number of ether oxygens (including phenoxy) is 3. The molecule has 2 N–H and O–H groups in total. The van der Waals surface area contributed by atoms with Crippen LogP contribution in [0.5, 0.6) is 5.88 Å². The van der Waals surface area contributed by atoms with Crippen LogP contribution in [0.25, 0.3) is 11.0 Å². The van der Waals surface area contributed by atoms with Crippen LogP contribution in [-0.4, -0.2) is 58.7 Å². The lowest BCUT2D eigenvalue weighted by atomic mass is 9.96. The van der Waals surface area contributed by atoms with E-state index in [1.54, 1.807) is 19.4 Å². The molecule has 158 valence electrons. The van der Waals surface area contributed by atoms with Crippen molar-refractivity contribution in [3.05, 3.63) is 30.0 Å². The Labute approximate surface area is 170 Å². The summed E-state index contributed by atoms with van der Waals surface area (Å²) in [6.45, 7) is 5.81. The zero-order chi connectivity index (χ0) is 21.0. The van der Waals surface area contributed by atoms with Crippen molar-refractivity contribution in [1.29, 1.82) is 0 Å². The van der Waals surface area contributed by atoms with Crippen LogP contribution >= 0.6 is 0 Å². The SMILES string of the molecule is COc1ccc2nccc(C[C@H](O)[C@@H]3CC[C@@H](NC(=O)OC(C)(C)C)CO3)c2n1. The first kappa shape index (κ1) is 21.3. The van der Waals surface area contributed by atoms with E-state index in [0.29, 0.717) is 37.3 Å². The van der Waals surface area contributed by atoms with E-state index in [9.17, 15) is 9.90 Å². The molecule has 1 fully saturated rings. The molecule has 8 nitrogen and oxygen atoms in total. The quantitative estimate of drug-likeness (QED) is 0.791. The molecule has 3 heterocycles. The molecule has 1 saturated heterocycles. The van der Waals surface area contributed by atoms with Gasteiger partial charge in [-0.2, -0.15) is 0 Å². The monoisotopic (exact) mass is 403 g/mol. The molecule has 1 aliphatic rings. The van der Waals surface area contributed by atoms with Crippen molar-refractivity contribution < 1.29 is 24.1 Å². The minimum Gasteiger partial charge on any atom is -0.481 e. The van der Waals surface area contributed by atoms with Crippen LogP contribution in [0.4, 0.5) is 4.79 Å². The van der Waals surface area contributed by atoms with Crippen molar-refractivity contribution >= 4 is 17.1 Å². The Balaban J connectivity index is 1.57. The van der Waals surface area contributed by atoms with Gasteiger partial charge in [0.2, 0.25) is 5.88 Å². The number of aromatic nitrogens is 2. The molecule has 0 bridgehead atoms. The van der Waals surface area contributed by atoms with Crippen molar-refractivity contribution in [2.24, 2.45) is 0 Å². The number of aliphatic hydroxyl groups excluding tert-OH is 1. The summed E-state index contributed by atoms with van der Waals surface area (Å²) < 4.78 is 16.3. The molecule has 2 aromatic heterocycles. The maximum Gasteiger partial charge on any atom is 0.407 e. The first-order valence-corrected chi connectivity index (χ1v) is 9.83. The Morgan fingerprint density at radius 3 is 2.79 bits per heavy atom. The van der Waals surface area contributed by atoms with Gasteiger partial charge < -0.3 is 24.6 Å². The molecule has 2 aromatic rings. The zero-order valence-electron chi connectivity index (χ0n) is 17.3. The van der Waals surface area contributed by atoms with Gasteiger partial charge in [0.15, 0.2) is 0 Å². The summed E-state index contributed by atoms with van der Waals surface area (Å²) in [6, 6.07) is 5.34. The molecule has 1 aliphatic heterocycles. The zero-order valence-corrected chi connectivity index (χ0v) is 17.3. The number of carbonyl (C=O) groups is 1. The third-order valence-electron chi connectivity index (χ3n) is 4.74. The fraction of sp³-hybridized carbons (Fsp3) is 0.571. The summed E-state index contributed by atoms with van der Waals surface area (Å²) in [5.74, 6) is 0.506. The van der Waals surface area contributed by atoms with Gasteiger partial charge in [-0.3, -0.25) is 4.98 Å². The van der Waals surface area contributed by atoms with Crippen LogP contribution < -0.4 is 10.1 Å². The lowest BCUT2D eigenvalue weighted by Gasteiger charge is -2.32. The number of hydrogen-bond donors (Lipinski definition) is 2. The number of carbonyl (C=O) groups excluding carboxylic acids is 1. The van der Waals surface area contributed by atoms with Crippen LogP contribution in [0.3, 0.4) is 0 Å². The highest BCUT2D eigenvalue weighted by Crippen LogP contribution is 2.23. The van der Waals surface area contributed by atoms with Gasteiger partial charge in [-0.15, -0.1) is 0 Å². The van der Waals surface area contributed by atoms with Gasteiger partial charge in [0.1, 0.15) is 5.60 Å². The van der Waals surface area contributed by atoms with Gasteiger partial charge in [0, 0.05) is 18.7 Å². The van der Waals surface area contributed by atoms with Crippen LogP contribution in [-0.2, 0) is 15.9 Å². The fourth-order valence-corrected chi connectivity index (χ4v) is 3.36. The maximum absolute atomic E-state index is 11.9. The highest BCUT2D eigenvalue weighted by Gasteiger charge is 2.29. The molecule has 3 atom stereocenters. The summed E-state index contributed by atoms with van der Waals surface area (Å²) >= 11 is 0. The molecular weight excluding hydrogens is 374 g/mol. The first-order chi connectivity index (χ1) is 13.7. The van der Waals surface area contributed by atoms with Gasteiger partial charge in [-0.05, 0) is 51.3 Å². The molecular formula is C21H29N3O5. The van der Waals surface area contributed by atoms with Crippen molar-refractivity contribution in [3.63, 3.8) is 0 Å². The topological polar surface area (TPSA) is 103 Å². The Morgan fingerprint density at radius 1 is 1.34 bits per heavy atom. The molecule has 29 heavy (non-hydrogen) atoms. The van der Waals surface area contributed by atoms with Crippen molar-refractivity contribution in [2.45, 2.75) is 63.9 Å². The molecule has 0 aliphatic carbocycles. The molecule has 0 aromatic carbocycles. The summed E-state index contributed by atoms with van der Waals surface area (Å²) in [6.07, 6.45) is 2.02. The van der Waals surface area contributed by atoms with Crippen LogP contribution in [0.1, 0.15) is 39.2 Å². The first-order valence-electron chi connectivity index (χ1n) is 9.83. The summed E-state index contributed by atoms with van der Waals surface area (Å²) in [4.78, 5) is 20.7. The minimum absolute atomic E-state index is 0.124. The van der Waals surface area contributed by atoms with E-state index in [0.717, 1.165) is 11.1 Å². The minimum atomic E-state index is -0.684. The molecule has 0 spiro atoms. The molecule has 1 amide bonds. The normalized spacial score (nSPS) is 20.9. The number of hydrogen-bond acceptors (Lipinski definition) is 7. The van der Waals surface area contributed by atoms with Gasteiger partial charge >= 0.3 is 6.09 Å². The van der Waals surface area contributed by atoms with E-state index >= 15 is 0 Å². The van der Waals surface area contributed by atoms with Gasteiger partial charge in [0.25, 0.3) is 0 Å². The van der Waals surface area contributed by atoms with Crippen LogP contribution in [0.2, 0.25) is 0 Å². The third kappa shape index (κ3) is 5.77. The predicted molar refractivity (Wildman–Crippen MR) is 108 cm³/mol. The second kappa shape index (κ2) is 8.92. The number of aliphatic hydroxyl groups is 1. The number of pyridine rings is 2. The molecule has 0 saturated carbocycles. The van der Waals surface area contributed by atoms with E-state index in [1.807, 2.05) is 32.9 Å². The Hall–Kier alpha value is -2.45. The van der Waals surface area contributed by atoms with E-state index < -0.39 is 17.8 Å². The number of methoxy groups -OCH3 is 1. The highest BCUT2D eigenvalue weighted by atomic mass is 16.6. The number of amides is 1. The maximum atomic E-state index is 11.9. The van der Waals surface area contributed by atoms with Gasteiger partial charge in [-0.25, -0.2) is 9.78 Å². The Morgan fingerprint density at radius 2 is 2.14 bits per heavy atom. The highest BCUT2D eigenvalue weighted by molar-refractivity contribution is 5.78. The van der Waals surface area contributed by atoms with E-state index in [1.165, 1.54) is 0 Å². The largest absolute Gasteiger partial charge is 0.481 e. The average molecular weight is 403 g/mol.